The molecule has 1 heterocycles. The number of hydrogen-bond acceptors (Lipinski definition) is 7. The predicted octanol–water partition coefficient (Wildman–Crippen LogP) is 0.773. The molecule has 0 saturated carbocycles. The third-order valence-electron chi connectivity index (χ3n) is 1.33. The van der Waals surface area contributed by atoms with Gasteiger partial charge in [0.15, 0.2) is 0 Å². The molecule has 0 unspecified atom stereocenters. The van der Waals surface area contributed by atoms with Crippen molar-refractivity contribution in [1.29, 1.82) is 0 Å². The molecule has 7 nitrogen and oxygen atoms in total. The fraction of sp³-hybridized carbons (Fsp3) is 0.667. The zero-order valence-corrected chi connectivity index (χ0v) is 12.1. The molecule has 0 bridgehead atoms. The van der Waals surface area contributed by atoms with Crippen molar-refractivity contribution >= 4 is 27.1 Å². The SMILES string of the molecule is CC(C)N.CCCS(=O)(=O)c1nnc(C(=O)O)s1. The third-order valence-corrected chi connectivity index (χ3v) is 4.61. The summed E-state index contributed by atoms with van der Waals surface area (Å²) in [5.41, 5.74) is 5.11. The highest BCUT2D eigenvalue weighted by molar-refractivity contribution is 7.93. The Morgan fingerprint density at radius 1 is 1.44 bits per heavy atom. The van der Waals surface area contributed by atoms with Crippen molar-refractivity contribution in [3.63, 3.8) is 0 Å². The molecule has 18 heavy (non-hydrogen) atoms. The highest BCUT2D eigenvalue weighted by Gasteiger charge is 2.21. The van der Waals surface area contributed by atoms with Gasteiger partial charge in [-0.2, -0.15) is 0 Å². The molecule has 0 aliphatic carbocycles. The van der Waals surface area contributed by atoms with E-state index >= 15 is 0 Å². The number of carbonyl (C=O) groups is 1. The van der Waals surface area contributed by atoms with Crippen LogP contribution in [0.25, 0.3) is 0 Å². The zero-order chi connectivity index (χ0) is 14.3. The van der Waals surface area contributed by atoms with E-state index in [-0.39, 0.29) is 15.1 Å². The standard InChI is InChI=1S/C6H8N2O4S2.C3H9N/c1-2-3-14(11,12)6-8-7-4(13-6)5(9)10;1-3(2)4/h2-3H2,1H3,(H,9,10);3H,4H2,1-2H3. The van der Waals surface area contributed by atoms with E-state index < -0.39 is 15.8 Å². The first kappa shape index (κ1) is 16.9. The van der Waals surface area contributed by atoms with Gasteiger partial charge in [-0.25, -0.2) is 13.2 Å². The quantitative estimate of drug-likeness (QED) is 0.840. The van der Waals surface area contributed by atoms with E-state index in [0.29, 0.717) is 23.8 Å². The average molecular weight is 295 g/mol. The zero-order valence-electron chi connectivity index (χ0n) is 10.5. The number of nitrogens with zero attached hydrogens (tertiary/aromatic N) is 2. The van der Waals surface area contributed by atoms with E-state index in [1.165, 1.54) is 0 Å². The summed E-state index contributed by atoms with van der Waals surface area (Å²) in [7, 11) is -3.44. The second-order valence-corrected chi connectivity index (χ2v) is 7.00. The van der Waals surface area contributed by atoms with Gasteiger partial charge in [-0.05, 0) is 12.5 Å². The Kier molecular flexibility index (Phi) is 6.96. The Hall–Kier alpha value is -1.06. The van der Waals surface area contributed by atoms with Crippen molar-refractivity contribution in [1.82, 2.24) is 10.2 Å². The van der Waals surface area contributed by atoms with Crippen LogP contribution < -0.4 is 5.73 Å². The van der Waals surface area contributed by atoms with Gasteiger partial charge in [0.05, 0.1) is 5.75 Å². The summed E-state index contributed by atoms with van der Waals surface area (Å²) in [5.74, 6) is -1.30. The van der Waals surface area contributed by atoms with Crippen molar-refractivity contribution in [2.75, 3.05) is 5.75 Å². The molecular weight excluding hydrogens is 278 g/mol. The van der Waals surface area contributed by atoms with Gasteiger partial charge < -0.3 is 10.8 Å². The largest absolute Gasteiger partial charge is 0.476 e. The molecule has 3 N–H and O–H groups in total. The smallest absolute Gasteiger partial charge is 0.367 e. The summed E-state index contributed by atoms with van der Waals surface area (Å²) >= 11 is 0.578. The first-order chi connectivity index (χ1) is 8.20. The maximum Gasteiger partial charge on any atom is 0.367 e. The van der Waals surface area contributed by atoms with Crippen molar-refractivity contribution in [2.45, 2.75) is 37.6 Å². The number of rotatable bonds is 4. The number of hydrogen-bond donors (Lipinski definition) is 2. The lowest BCUT2D eigenvalue weighted by atomic mass is 10.5. The summed E-state index contributed by atoms with van der Waals surface area (Å²) < 4.78 is 22.5. The fourth-order valence-electron chi connectivity index (χ4n) is 0.778. The number of sulfone groups is 1. The maximum atomic E-state index is 11.4. The number of aromatic carboxylic acids is 1. The second-order valence-electron chi connectivity index (χ2n) is 3.74. The first-order valence-electron chi connectivity index (χ1n) is 5.25. The van der Waals surface area contributed by atoms with Crippen LogP contribution in [0.1, 0.15) is 37.0 Å². The van der Waals surface area contributed by atoms with Crippen molar-refractivity contribution in [3.8, 4) is 0 Å². The molecule has 1 aromatic rings. The van der Waals surface area contributed by atoms with Crippen LogP contribution in [0.3, 0.4) is 0 Å². The highest BCUT2D eigenvalue weighted by Crippen LogP contribution is 2.17. The molecule has 0 atom stereocenters. The van der Waals surface area contributed by atoms with Crippen LogP contribution in [-0.2, 0) is 9.84 Å². The topological polar surface area (TPSA) is 123 Å². The normalized spacial score (nSPS) is 10.9. The maximum absolute atomic E-state index is 11.4. The summed E-state index contributed by atoms with van der Waals surface area (Å²) in [4.78, 5) is 10.4. The molecule has 1 rings (SSSR count). The molecule has 0 aliphatic rings. The minimum Gasteiger partial charge on any atom is -0.476 e. The highest BCUT2D eigenvalue weighted by atomic mass is 32.2. The Morgan fingerprint density at radius 2 is 1.94 bits per heavy atom. The van der Waals surface area contributed by atoms with Gasteiger partial charge in [0.2, 0.25) is 19.2 Å². The molecule has 0 radical (unpaired) electrons. The number of carboxylic acids is 1. The van der Waals surface area contributed by atoms with E-state index in [1.54, 1.807) is 6.92 Å². The summed E-state index contributed by atoms with van der Waals surface area (Å²) in [6, 6.07) is 0.333. The van der Waals surface area contributed by atoms with Gasteiger partial charge in [0, 0.05) is 0 Å². The Morgan fingerprint density at radius 3 is 2.28 bits per heavy atom. The minimum atomic E-state index is -3.44. The van der Waals surface area contributed by atoms with Crippen LogP contribution >= 0.6 is 11.3 Å². The minimum absolute atomic E-state index is 0.0404. The van der Waals surface area contributed by atoms with Crippen molar-refractivity contribution < 1.29 is 18.3 Å². The summed E-state index contributed by atoms with van der Waals surface area (Å²) in [5, 5.41) is 14.8. The van der Waals surface area contributed by atoms with E-state index in [0.717, 1.165) is 0 Å². The van der Waals surface area contributed by atoms with E-state index in [2.05, 4.69) is 10.2 Å². The third kappa shape index (κ3) is 6.03. The molecule has 0 saturated heterocycles. The molecular formula is C9H17N3O4S2. The summed E-state index contributed by atoms with van der Waals surface area (Å²) in [6.45, 7) is 5.61. The van der Waals surface area contributed by atoms with Crippen molar-refractivity contribution in [2.24, 2.45) is 5.73 Å². The monoisotopic (exact) mass is 295 g/mol. The molecule has 9 heteroatoms. The fourth-order valence-corrected chi connectivity index (χ4v) is 3.07. The lowest BCUT2D eigenvalue weighted by Gasteiger charge is -1.93. The predicted molar refractivity (Wildman–Crippen MR) is 68.5 cm³/mol. The number of nitrogens with two attached hydrogens (primary N) is 1. The molecule has 104 valence electrons. The van der Waals surface area contributed by atoms with Gasteiger partial charge in [0.25, 0.3) is 0 Å². The van der Waals surface area contributed by atoms with Gasteiger partial charge in [0.1, 0.15) is 0 Å². The number of aromatic nitrogens is 2. The van der Waals surface area contributed by atoms with Crippen LogP contribution in [0, 0.1) is 0 Å². The Bertz CT molecular complexity index is 479. The van der Waals surface area contributed by atoms with E-state index in [1.807, 2.05) is 13.8 Å². The summed E-state index contributed by atoms with van der Waals surface area (Å²) in [6.07, 6.45) is 0.463. The lowest BCUT2D eigenvalue weighted by molar-refractivity contribution is 0.0695. The van der Waals surface area contributed by atoms with Gasteiger partial charge >= 0.3 is 5.97 Å². The second kappa shape index (κ2) is 7.39. The molecule has 0 fully saturated rings. The van der Waals surface area contributed by atoms with Crippen LogP contribution in [0.5, 0.6) is 0 Å². The Labute approximate surface area is 110 Å². The van der Waals surface area contributed by atoms with Crippen molar-refractivity contribution in [3.05, 3.63) is 5.01 Å². The number of carboxylic acid groups (broad SMARTS) is 1. The lowest BCUT2D eigenvalue weighted by Crippen LogP contribution is -2.06. The molecule has 0 amide bonds. The molecule has 0 spiro atoms. The Balaban J connectivity index is 0.000000631. The van der Waals surface area contributed by atoms with Gasteiger partial charge in [-0.15, -0.1) is 10.2 Å². The first-order valence-corrected chi connectivity index (χ1v) is 7.72. The van der Waals surface area contributed by atoms with E-state index in [9.17, 15) is 13.2 Å². The van der Waals surface area contributed by atoms with Crippen LogP contribution in [0.2, 0.25) is 0 Å². The van der Waals surface area contributed by atoms with Gasteiger partial charge in [-0.1, -0.05) is 32.1 Å². The van der Waals surface area contributed by atoms with Crippen LogP contribution in [-0.4, -0.2) is 41.5 Å². The van der Waals surface area contributed by atoms with Crippen LogP contribution in [0.4, 0.5) is 0 Å². The molecule has 0 aliphatic heterocycles. The van der Waals surface area contributed by atoms with E-state index in [4.69, 9.17) is 10.8 Å². The molecule has 1 aromatic heterocycles. The molecule has 0 aromatic carbocycles. The van der Waals surface area contributed by atoms with Gasteiger partial charge in [-0.3, -0.25) is 0 Å². The average Bonchev–Trinajstić information content (AvgIpc) is 2.65. The van der Waals surface area contributed by atoms with Crippen LogP contribution in [0.15, 0.2) is 4.34 Å².